The Kier molecular flexibility index (Phi) is 10.2. The number of nitrogens with one attached hydrogen (secondary N) is 1. The third-order valence-corrected chi connectivity index (χ3v) is 8.60. The van der Waals surface area contributed by atoms with Crippen LogP contribution in [0.5, 0.6) is 5.75 Å². The van der Waals surface area contributed by atoms with Gasteiger partial charge in [-0.25, -0.2) is 4.79 Å². The Morgan fingerprint density at radius 2 is 1.83 bits per heavy atom. The van der Waals surface area contributed by atoms with Gasteiger partial charge in [-0.3, -0.25) is 14.3 Å². The Labute approximate surface area is 270 Å². The zero-order valence-corrected chi connectivity index (χ0v) is 27.0. The number of carbonyl (C=O) groups is 3. The molecular weight excluding hydrogens is 580 g/mol. The van der Waals surface area contributed by atoms with E-state index >= 15 is 0 Å². The van der Waals surface area contributed by atoms with Gasteiger partial charge in [-0.05, 0) is 91.1 Å². The van der Waals surface area contributed by atoms with Gasteiger partial charge < -0.3 is 20.1 Å². The fourth-order valence-corrected chi connectivity index (χ4v) is 5.90. The van der Waals surface area contributed by atoms with Gasteiger partial charge in [-0.2, -0.15) is 5.10 Å². The number of benzene rings is 3. The minimum absolute atomic E-state index is 0.102. The van der Waals surface area contributed by atoms with Crippen molar-refractivity contribution in [1.29, 1.82) is 0 Å². The predicted octanol–water partition coefficient (Wildman–Crippen LogP) is 6.19. The molecule has 1 aliphatic heterocycles. The van der Waals surface area contributed by atoms with Crippen LogP contribution in [0.15, 0.2) is 73.1 Å². The number of carboxylic acid groups (broad SMARTS) is 1. The summed E-state index contributed by atoms with van der Waals surface area (Å²) in [5.41, 5.74) is 7.70. The molecule has 1 aromatic heterocycles. The van der Waals surface area contributed by atoms with Gasteiger partial charge in [0.15, 0.2) is 0 Å². The van der Waals surface area contributed by atoms with Crippen LogP contribution in [0.2, 0.25) is 0 Å². The lowest BCUT2D eigenvalue weighted by Crippen LogP contribution is -2.44. The second kappa shape index (κ2) is 14.5. The maximum Gasteiger partial charge on any atom is 0.326 e. The monoisotopic (exact) mass is 622 g/mol. The average molecular weight is 623 g/mol. The van der Waals surface area contributed by atoms with E-state index in [0.717, 1.165) is 52.1 Å². The molecule has 2 heterocycles. The Hall–Kier alpha value is -4.92. The summed E-state index contributed by atoms with van der Waals surface area (Å²) in [6.45, 7) is 9.26. The van der Waals surface area contributed by atoms with Gasteiger partial charge in [0.25, 0.3) is 5.91 Å². The molecule has 5 rings (SSSR count). The molecule has 0 unspecified atom stereocenters. The zero-order chi connectivity index (χ0) is 32.8. The highest BCUT2D eigenvalue weighted by atomic mass is 16.5. The first-order valence-electron chi connectivity index (χ1n) is 15.9. The maximum absolute atomic E-state index is 13.3. The number of nitrogens with zero attached hydrogens (tertiary/aromatic N) is 3. The van der Waals surface area contributed by atoms with Crippen molar-refractivity contribution in [3.63, 3.8) is 0 Å². The molecule has 9 nitrogen and oxygen atoms in total. The summed E-state index contributed by atoms with van der Waals surface area (Å²) in [6, 6.07) is 18.3. The minimum atomic E-state index is -1.06. The van der Waals surface area contributed by atoms with E-state index in [0.29, 0.717) is 38.1 Å². The summed E-state index contributed by atoms with van der Waals surface area (Å²) in [5, 5.41) is 16.7. The first-order valence-corrected chi connectivity index (χ1v) is 15.9. The van der Waals surface area contributed by atoms with Crippen molar-refractivity contribution in [2.24, 2.45) is 5.92 Å². The molecule has 4 aromatic rings. The van der Waals surface area contributed by atoms with Gasteiger partial charge in [0.05, 0.1) is 19.3 Å². The molecule has 0 fully saturated rings. The lowest BCUT2D eigenvalue weighted by atomic mass is 9.93. The summed E-state index contributed by atoms with van der Waals surface area (Å²) in [5.74, 6) is -0.750. The second-order valence-corrected chi connectivity index (χ2v) is 12.3. The molecule has 46 heavy (non-hydrogen) atoms. The van der Waals surface area contributed by atoms with Gasteiger partial charge in [-0.15, -0.1) is 0 Å². The maximum atomic E-state index is 13.3. The first-order chi connectivity index (χ1) is 22.1. The summed E-state index contributed by atoms with van der Waals surface area (Å²) in [4.78, 5) is 39.6. The van der Waals surface area contributed by atoms with Gasteiger partial charge in [0.1, 0.15) is 11.8 Å². The van der Waals surface area contributed by atoms with Crippen molar-refractivity contribution in [2.75, 3.05) is 18.1 Å². The number of aliphatic carboxylic acids is 1. The van der Waals surface area contributed by atoms with Gasteiger partial charge in [0.2, 0.25) is 5.91 Å². The number of carboxylic acids is 1. The number of anilines is 1. The summed E-state index contributed by atoms with van der Waals surface area (Å²) < 4.78 is 7.80. The number of carbonyl (C=O) groups excluding carboxylic acids is 2. The van der Waals surface area contributed by atoms with Gasteiger partial charge in [0, 0.05) is 36.0 Å². The second-order valence-electron chi connectivity index (χ2n) is 12.3. The summed E-state index contributed by atoms with van der Waals surface area (Å²) in [7, 11) is 0. The van der Waals surface area contributed by atoms with Crippen LogP contribution in [0, 0.1) is 19.8 Å². The number of aromatic nitrogens is 2. The first kappa shape index (κ1) is 32.5. The Balaban J connectivity index is 1.24. The molecule has 0 saturated heterocycles. The number of ether oxygens (including phenoxy) is 1. The molecule has 9 heteroatoms. The smallest absolute Gasteiger partial charge is 0.326 e. The third kappa shape index (κ3) is 7.47. The Morgan fingerprint density at radius 3 is 2.61 bits per heavy atom. The van der Waals surface area contributed by atoms with Crippen molar-refractivity contribution >= 4 is 23.5 Å². The number of hydrogen-bond donors (Lipinski definition) is 2. The van der Waals surface area contributed by atoms with E-state index in [1.54, 1.807) is 32.0 Å². The standard InChI is InChI=1S/C37H42N4O5/c1-24(2)35(37(44)45)39-36(43)28-12-6-11-27(20-28)22-40-23-29(21-38-40)30-13-7-15-32-31(30)14-8-18-41(32)34(42)17-9-19-46-33-16-5-10-25(3)26(33)4/h5-7,10-13,15-16,20-21,23-24,35H,8-9,14,17-19,22H2,1-4H3,(H,39,43)(H,44,45)/t35-/m0/s1. The van der Waals surface area contributed by atoms with E-state index in [-0.39, 0.29) is 11.8 Å². The van der Waals surface area contributed by atoms with Crippen LogP contribution in [-0.2, 0) is 22.6 Å². The molecule has 3 aromatic carbocycles. The van der Waals surface area contributed by atoms with Crippen molar-refractivity contribution in [3.8, 4) is 16.9 Å². The van der Waals surface area contributed by atoms with Crippen LogP contribution in [0.25, 0.3) is 11.1 Å². The minimum Gasteiger partial charge on any atom is -0.493 e. The number of aryl methyl sites for hydroxylation is 1. The van der Waals surface area contributed by atoms with Gasteiger partial charge >= 0.3 is 5.97 Å². The zero-order valence-electron chi connectivity index (χ0n) is 27.0. The lowest BCUT2D eigenvalue weighted by Gasteiger charge is -2.31. The molecule has 240 valence electrons. The highest BCUT2D eigenvalue weighted by Gasteiger charge is 2.26. The molecular formula is C37H42N4O5. The number of rotatable bonds is 12. The number of fused-ring (bicyclic) bond motifs is 1. The molecule has 0 bridgehead atoms. The summed E-state index contributed by atoms with van der Waals surface area (Å²) >= 11 is 0. The molecule has 2 amide bonds. The average Bonchev–Trinajstić information content (AvgIpc) is 3.50. The number of amides is 2. The molecule has 0 aliphatic carbocycles. The fourth-order valence-electron chi connectivity index (χ4n) is 5.90. The van der Waals surface area contributed by atoms with E-state index in [9.17, 15) is 19.5 Å². The van der Waals surface area contributed by atoms with Crippen LogP contribution >= 0.6 is 0 Å². The van der Waals surface area contributed by atoms with E-state index in [2.05, 4.69) is 29.5 Å². The molecule has 0 radical (unpaired) electrons. The number of hydrogen-bond acceptors (Lipinski definition) is 5. The van der Waals surface area contributed by atoms with E-state index in [1.807, 2.05) is 59.2 Å². The highest BCUT2D eigenvalue weighted by molar-refractivity contribution is 5.97. The van der Waals surface area contributed by atoms with Crippen molar-refractivity contribution < 1.29 is 24.2 Å². The normalized spacial score (nSPS) is 13.3. The highest BCUT2D eigenvalue weighted by Crippen LogP contribution is 2.36. The predicted molar refractivity (Wildman–Crippen MR) is 178 cm³/mol. The van der Waals surface area contributed by atoms with Crippen molar-refractivity contribution in [1.82, 2.24) is 15.1 Å². The summed E-state index contributed by atoms with van der Waals surface area (Å²) in [6.07, 6.45) is 6.63. The van der Waals surface area contributed by atoms with Crippen LogP contribution in [0.3, 0.4) is 0 Å². The largest absolute Gasteiger partial charge is 0.493 e. The fraction of sp³-hybridized carbons (Fsp3) is 0.351. The van der Waals surface area contributed by atoms with Crippen LogP contribution in [-0.4, -0.2) is 51.9 Å². The third-order valence-electron chi connectivity index (χ3n) is 8.60. The Bertz CT molecular complexity index is 1730. The van der Waals surface area contributed by atoms with E-state index in [1.165, 1.54) is 5.56 Å². The molecule has 1 aliphatic rings. The Morgan fingerprint density at radius 1 is 1.04 bits per heavy atom. The van der Waals surface area contributed by atoms with Crippen LogP contribution in [0.1, 0.15) is 65.7 Å². The van der Waals surface area contributed by atoms with Crippen LogP contribution < -0.4 is 15.0 Å². The van der Waals surface area contributed by atoms with E-state index in [4.69, 9.17) is 4.74 Å². The van der Waals surface area contributed by atoms with Crippen molar-refractivity contribution in [2.45, 2.75) is 66.0 Å². The van der Waals surface area contributed by atoms with Gasteiger partial charge in [-0.1, -0.05) is 50.2 Å². The molecule has 0 spiro atoms. The lowest BCUT2D eigenvalue weighted by molar-refractivity contribution is -0.140. The quantitative estimate of drug-likeness (QED) is 0.182. The SMILES string of the molecule is Cc1cccc(OCCCC(=O)N2CCCc3c(-c4cnn(Cc5cccc(C(=O)N[C@H](C(=O)O)C(C)C)c5)c4)cccc32)c1C. The molecule has 0 saturated carbocycles. The van der Waals surface area contributed by atoms with Crippen molar-refractivity contribution in [3.05, 3.63) is 101 Å². The molecule has 1 atom stereocenters. The van der Waals surface area contributed by atoms with E-state index < -0.39 is 17.9 Å². The van der Waals surface area contributed by atoms with Crippen LogP contribution in [0.4, 0.5) is 5.69 Å². The topological polar surface area (TPSA) is 114 Å². The molecule has 2 N–H and O–H groups in total.